The van der Waals surface area contributed by atoms with E-state index in [1.807, 2.05) is 11.8 Å². The lowest BCUT2D eigenvalue weighted by Gasteiger charge is -2.36. The van der Waals surface area contributed by atoms with Crippen LogP contribution >= 0.6 is 0 Å². The smallest absolute Gasteiger partial charge is 0.254 e. The second-order valence-electron chi connectivity index (χ2n) is 6.87. The minimum atomic E-state index is -0.262. The summed E-state index contributed by atoms with van der Waals surface area (Å²) < 4.78 is 13.5. The van der Waals surface area contributed by atoms with E-state index in [0.717, 1.165) is 19.6 Å². The van der Waals surface area contributed by atoms with Crippen LogP contribution in [0.15, 0.2) is 18.2 Å². The van der Waals surface area contributed by atoms with E-state index in [1.54, 1.807) is 19.1 Å². The van der Waals surface area contributed by atoms with Crippen LogP contribution in [-0.4, -0.2) is 47.9 Å². The number of likely N-dealkylation sites (N-methyl/N-ethyl adjacent to an activating group) is 1. The first-order valence-corrected chi connectivity index (χ1v) is 8.73. The minimum absolute atomic E-state index is 0.00787. The predicted molar refractivity (Wildman–Crippen MR) is 92.1 cm³/mol. The van der Waals surface area contributed by atoms with Crippen LogP contribution in [0.5, 0.6) is 0 Å². The molecule has 1 unspecified atom stereocenters. The summed E-state index contributed by atoms with van der Waals surface area (Å²) in [6, 6.07) is 4.84. The van der Waals surface area contributed by atoms with Gasteiger partial charge in [0.15, 0.2) is 0 Å². The molecule has 23 heavy (non-hydrogen) atoms. The summed E-state index contributed by atoms with van der Waals surface area (Å²) in [5.41, 5.74) is 1.10. The van der Waals surface area contributed by atoms with E-state index in [0.29, 0.717) is 23.6 Å². The summed E-state index contributed by atoms with van der Waals surface area (Å²) in [7, 11) is 0. The summed E-state index contributed by atoms with van der Waals surface area (Å²) >= 11 is 0. The highest BCUT2D eigenvalue weighted by Crippen LogP contribution is 2.20. The van der Waals surface area contributed by atoms with Gasteiger partial charge in [-0.3, -0.25) is 4.79 Å². The van der Waals surface area contributed by atoms with E-state index >= 15 is 0 Å². The van der Waals surface area contributed by atoms with Gasteiger partial charge in [0.05, 0.1) is 0 Å². The van der Waals surface area contributed by atoms with Crippen molar-refractivity contribution in [2.45, 2.75) is 46.6 Å². The van der Waals surface area contributed by atoms with Crippen molar-refractivity contribution in [1.82, 2.24) is 9.80 Å². The second kappa shape index (κ2) is 7.91. The van der Waals surface area contributed by atoms with Crippen LogP contribution in [0, 0.1) is 18.7 Å². The lowest BCUT2D eigenvalue weighted by atomic mass is 10.00. The number of likely N-dealkylation sites (tertiary alicyclic amines) is 1. The van der Waals surface area contributed by atoms with E-state index in [2.05, 4.69) is 18.7 Å². The van der Waals surface area contributed by atoms with E-state index in [9.17, 15) is 9.18 Å². The molecule has 1 aliphatic heterocycles. The number of hydrogen-bond acceptors (Lipinski definition) is 2. The number of halogens is 1. The Morgan fingerprint density at radius 1 is 1.30 bits per heavy atom. The molecule has 2 rings (SSSR count). The van der Waals surface area contributed by atoms with Gasteiger partial charge in [0.25, 0.3) is 5.91 Å². The van der Waals surface area contributed by atoms with Gasteiger partial charge in [0.1, 0.15) is 5.82 Å². The molecule has 0 spiro atoms. The van der Waals surface area contributed by atoms with Crippen molar-refractivity contribution in [3.63, 3.8) is 0 Å². The maximum atomic E-state index is 13.5. The fourth-order valence-electron chi connectivity index (χ4n) is 3.37. The normalized spacial score (nSPS) is 16.8. The molecule has 1 atom stereocenters. The maximum Gasteiger partial charge on any atom is 0.254 e. The quantitative estimate of drug-likeness (QED) is 0.797. The number of rotatable bonds is 6. The van der Waals surface area contributed by atoms with Gasteiger partial charge in [-0.2, -0.15) is 0 Å². The van der Waals surface area contributed by atoms with Crippen LogP contribution < -0.4 is 0 Å². The molecule has 0 aliphatic carbocycles. The van der Waals surface area contributed by atoms with Crippen molar-refractivity contribution in [2.75, 3.05) is 26.2 Å². The van der Waals surface area contributed by atoms with Crippen LogP contribution in [0.25, 0.3) is 0 Å². The SMILES string of the molecule is CCN(C(=O)c1ccc(F)c(C)c1)C(CN1CCCC1)C(C)C. The molecule has 1 aromatic rings. The molecule has 3 nitrogen and oxygen atoms in total. The van der Waals surface area contributed by atoms with Crippen LogP contribution in [0.2, 0.25) is 0 Å². The van der Waals surface area contributed by atoms with E-state index in [1.165, 1.54) is 18.9 Å². The zero-order valence-corrected chi connectivity index (χ0v) is 14.8. The molecule has 4 heteroatoms. The van der Waals surface area contributed by atoms with Crippen molar-refractivity contribution in [3.05, 3.63) is 35.1 Å². The van der Waals surface area contributed by atoms with Crippen LogP contribution in [0.1, 0.15) is 49.5 Å². The van der Waals surface area contributed by atoms with Gasteiger partial charge >= 0.3 is 0 Å². The zero-order chi connectivity index (χ0) is 17.0. The molecule has 0 aromatic heterocycles. The van der Waals surface area contributed by atoms with Crippen molar-refractivity contribution in [2.24, 2.45) is 5.92 Å². The van der Waals surface area contributed by atoms with Gasteiger partial charge in [0, 0.05) is 24.7 Å². The molecule has 1 fully saturated rings. The maximum absolute atomic E-state index is 13.5. The Bertz CT molecular complexity index is 538. The molecule has 0 N–H and O–H groups in total. The highest BCUT2D eigenvalue weighted by molar-refractivity contribution is 5.94. The first-order valence-electron chi connectivity index (χ1n) is 8.73. The third kappa shape index (κ3) is 4.31. The van der Waals surface area contributed by atoms with Gasteiger partial charge in [0.2, 0.25) is 0 Å². The Balaban J connectivity index is 2.19. The Morgan fingerprint density at radius 2 is 1.96 bits per heavy atom. The van der Waals surface area contributed by atoms with E-state index in [4.69, 9.17) is 0 Å². The van der Waals surface area contributed by atoms with E-state index < -0.39 is 0 Å². The molecule has 0 saturated carbocycles. The van der Waals surface area contributed by atoms with Crippen molar-refractivity contribution < 1.29 is 9.18 Å². The zero-order valence-electron chi connectivity index (χ0n) is 14.8. The number of amides is 1. The monoisotopic (exact) mass is 320 g/mol. The first-order chi connectivity index (χ1) is 10.9. The van der Waals surface area contributed by atoms with Crippen LogP contribution in [0.4, 0.5) is 4.39 Å². The molecule has 1 amide bonds. The fraction of sp³-hybridized carbons (Fsp3) is 0.632. The van der Waals surface area contributed by atoms with Gasteiger partial charge in [-0.1, -0.05) is 13.8 Å². The fourth-order valence-corrected chi connectivity index (χ4v) is 3.37. The van der Waals surface area contributed by atoms with Crippen molar-refractivity contribution in [1.29, 1.82) is 0 Å². The Labute approximate surface area is 139 Å². The van der Waals surface area contributed by atoms with Gasteiger partial charge in [-0.15, -0.1) is 0 Å². The summed E-state index contributed by atoms with van der Waals surface area (Å²) in [5.74, 6) is 0.136. The third-order valence-electron chi connectivity index (χ3n) is 4.82. The van der Waals surface area contributed by atoms with E-state index in [-0.39, 0.29) is 17.8 Å². The number of carbonyl (C=O) groups excluding carboxylic acids is 1. The summed E-state index contributed by atoms with van der Waals surface area (Å²) in [5, 5.41) is 0. The number of nitrogens with zero attached hydrogens (tertiary/aromatic N) is 2. The number of benzene rings is 1. The Morgan fingerprint density at radius 3 is 2.48 bits per heavy atom. The molecular weight excluding hydrogens is 291 g/mol. The average molecular weight is 320 g/mol. The van der Waals surface area contributed by atoms with Crippen LogP contribution in [-0.2, 0) is 0 Å². The standard InChI is InChI=1S/C19H29FN2O/c1-5-22(18(14(2)3)13-21-10-6-7-11-21)19(23)16-8-9-17(20)15(4)12-16/h8-9,12,14,18H,5-7,10-11,13H2,1-4H3. The molecule has 1 saturated heterocycles. The largest absolute Gasteiger partial charge is 0.334 e. The molecule has 1 aliphatic rings. The number of aryl methyl sites for hydroxylation is 1. The summed E-state index contributed by atoms with van der Waals surface area (Å²) in [6.07, 6.45) is 2.50. The number of carbonyl (C=O) groups is 1. The molecule has 0 radical (unpaired) electrons. The average Bonchev–Trinajstić information content (AvgIpc) is 3.02. The third-order valence-corrected chi connectivity index (χ3v) is 4.82. The first kappa shape index (κ1) is 17.9. The van der Waals surface area contributed by atoms with Gasteiger partial charge in [-0.25, -0.2) is 4.39 Å². The topological polar surface area (TPSA) is 23.6 Å². The minimum Gasteiger partial charge on any atom is -0.334 e. The number of hydrogen-bond donors (Lipinski definition) is 0. The highest BCUT2D eigenvalue weighted by atomic mass is 19.1. The molecule has 128 valence electrons. The van der Waals surface area contributed by atoms with Crippen molar-refractivity contribution in [3.8, 4) is 0 Å². The summed E-state index contributed by atoms with van der Waals surface area (Å²) in [6.45, 7) is 11.9. The lowest BCUT2D eigenvalue weighted by molar-refractivity contribution is 0.0584. The van der Waals surface area contributed by atoms with Crippen molar-refractivity contribution >= 4 is 5.91 Å². The Kier molecular flexibility index (Phi) is 6.17. The molecule has 0 bridgehead atoms. The molecule has 1 aromatic carbocycles. The van der Waals surface area contributed by atoms with Gasteiger partial charge < -0.3 is 9.80 Å². The lowest BCUT2D eigenvalue weighted by Crippen LogP contribution is -2.49. The Hall–Kier alpha value is -1.42. The highest BCUT2D eigenvalue weighted by Gasteiger charge is 2.28. The summed E-state index contributed by atoms with van der Waals surface area (Å²) in [4.78, 5) is 17.4. The second-order valence-corrected chi connectivity index (χ2v) is 6.87. The molecule has 1 heterocycles. The van der Waals surface area contributed by atoms with Crippen LogP contribution in [0.3, 0.4) is 0 Å². The predicted octanol–water partition coefficient (Wildman–Crippen LogP) is 3.72. The molecular formula is C19H29FN2O. The van der Waals surface area contributed by atoms with Gasteiger partial charge in [-0.05, 0) is 69.5 Å².